The van der Waals surface area contributed by atoms with E-state index in [1.54, 1.807) is 0 Å². The summed E-state index contributed by atoms with van der Waals surface area (Å²) in [5, 5.41) is 12.8. The van der Waals surface area contributed by atoms with Crippen LogP contribution in [0.5, 0.6) is 0 Å². The standard InChI is InChI=1S/C14H24N2/c1-14(2)8-4-6-12(9-14)16-13-7-3-5-11(13)10-15/h11-13,16H,3-9H2,1-2H3. The fraction of sp³-hybridized carbons (Fsp3) is 0.929. The van der Waals surface area contributed by atoms with Crippen LogP contribution in [0.1, 0.15) is 58.8 Å². The lowest BCUT2D eigenvalue weighted by Gasteiger charge is -2.37. The van der Waals surface area contributed by atoms with Gasteiger partial charge in [0, 0.05) is 12.1 Å². The van der Waals surface area contributed by atoms with E-state index in [1.165, 1.54) is 38.5 Å². The maximum atomic E-state index is 9.08. The van der Waals surface area contributed by atoms with Crippen molar-refractivity contribution < 1.29 is 0 Å². The highest BCUT2D eigenvalue weighted by Crippen LogP contribution is 2.36. The smallest absolute Gasteiger partial charge is 0.0672 e. The molecule has 0 spiro atoms. The third-order valence-electron chi connectivity index (χ3n) is 4.34. The largest absolute Gasteiger partial charge is 0.310 e. The molecule has 0 aromatic carbocycles. The molecule has 0 heterocycles. The van der Waals surface area contributed by atoms with Crippen LogP contribution < -0.4 is 5.32 Å². The minimum atomic E-state index is 0.269. The Morgan fingerprint density at radius 2 is 2.00 bits per heavy atom. The summed E-state index contributed by atoms with van der Waals surface area (Å²) >= 11 is 0. The van der Waals surface area contributed by atoms with Crippen molar-refractivity contribution in [3.63, 3.8) is 0 Å². The van der Waals surface area contributed by atoms with E-state index in [-0.39, 0.29) is 5.92 Å². The Hall–Kier alpha value is -0.550. The van der Waals surface area contributed by atoms with Gasteiger partial charge in [-0.2, -0.15) is 5.26 Å². The lowest BCUT2D eigenvalue weighted by molar-refractivity contribution is 0.185. The Morgan fingerprint density at radius 3 is 2.69 bits per heavy atom. The molecular formula is C14H24N2. The summed E-state index contributed by atoms with van der Waals surface area (Å²) in [5.74, 6) is 0.269. The van der Waals surface area contributed by atoms with Crippen molar-refractivity contribution in [1.82, 2.24) is 5.32 Å². The summed E-state index contributed by atoms with van der Waals surface area (Å²) in [5.41, 5.74) is 0.497. The summed E-state index contributed by atoms with van der Waals surface area (Å²) in [6, 6.07) is 3.59. The van der Waals surface area contributed by atoms with E-state index in [1.807, 2.05) is 0 Å². The average Bonchev–Trinajstić information content (AvgIpc) is 2.63. The topological polar surface area (TPSA) is 35.8 Å². The van der Waals surface area contributed by atoms with E-state index < -0.39 is 0 Å². The van der Waals surface area contributed by atoms with Crippen LogP contribution in [-0.2, 0) is 0 Å². The van der Waals surface area contributed by atoms with E-state index in [4.69, 9.17) is 5.26 Å². The summed E-state index contributed by atoms with van der Waals surface area (Å²) in [6.07, 6.45) is 8.82. The van der Waals surface area contributed by atoms with Crippen LogP contribution in [0.15, 0.2) is 0 Å². The summed E-state index contributed by atoms with van der Waals surface area (Å²) in [6.45, 7) is 4.74. The van der Waals surface area contributed by atoms with Crippen molar-refractivity contribution in [2.45, 2.75) is 70.9 Å². The van der Waals surface area contributed by atoms with Gasteiger partial charge in [-0.15, -0.1) is 0 Å². The molecule has 0 aromatic rings. The van der Waals surface area contributed by atoms with E-state index >= 15 is 0 Å². The molecule has 2 saturated carbocycles. The molecule has 0 saturated heterocycles. The third-order valence-corrected chi connectivity index (χ3v) is 4.34. The molecule has 3 atom stereocenters. The van der Waals surface area contributed by atoms with Gasteiger partial charge in [-0.25, -0.2) is 0 Å². The number of hydrogen-bond donors (Lipinski definition) is 1. The van der Waals surface area contributed by atoms with Gasteiger partial charge < -0.3 is 5.32 Å². The molecule has 2 aliphatic rings. The molecule has 0 aromatic heterocycles. The van der Waals surface area contributed by atoms with Crippen molar-refractivity contribution in [1.29, 1.82) is 5.26 Å². The Kier molecular flexibility index (Phi) is 3.54. The van der Waals surface area contributed by atoms with Crippen LogP contribution in [0.2, 0.25) is 0 Å². The summed E-state index contributed by atoms with van der Waals surface area (Å²) < 4.78 is 0. The Bertz CT molecular complexity index is 277. The number of nitriles is 1. The van der Waals surface area contributed by atoms with Crippen LogP contribution in [0.25, 0.3) is 0 Å². The second kappa shape index (κ2) is 4.75. The van der Waals surface area contributed by atoms with E-state index in [9.17, 15) is 0 Å². The second-order valence-electron chi connectivity index (χ2n) is 6.40. The monoisotopic (exact) mass is 220 g/mol. The maximum absolute atomic E-state index is 9.08. The molecule has 0 radical (unpaired) electrons. The van der Waals surface area contributed by atoms with Crippen molar-refractivity contribution >= 4 is 0 Å². The Morgan fingerprint density at radius 1 is 1.19 bits per heavy atom. The summed E-state index contributed by atoms with van der Waals surface area (Å²) in [7, 11) is 0. The van der Waals surface area contributed by atoms with Gasteiger partial charge in [0.1, 0.15) is 0 Å². The zero-order valence-electron chi connectivity index (χ0n) is 10.6. The first-order chi connectivity index (χ1) is 7.61. The van der Waals surface area contributed by atoms with Gasteiger partial charge in [-0.05, 0) is 37.5 Å². The predicted octanol–water partition coefficient (Wildman–Crippen LogP) is 3.24. The minimum Gasteiger partial charge on any atom is -0.310 e. The number of nitrogens with one attached hydrogen (secondary N) is 1. The van der Waals surface area contributed by atoms with Gasteiger partial charge in [0.25, 0.3) is 0 Å². The number of nitrogens with zero attached hydrogens (tertiary/aromatic N) is 1. The van der Waals surface area contributed by atoms with Crippen molar-refractivity contribution in [2.75, 3.05) is 0 Å². The number of rotatable bonds is 2. The van der Waals surface area contributed by atoms with Gasteiger partial charge in [0.2, 0.25) is 0 Å². The van der Waals surface area contributed by atoms with Crippen LogP contribution in [-0.4, -0.2) is 12.1 Å². The molecule has 0 bridgehead atoms. The molecule has 0 amide bonds. The van der Waals surface area contributed by atoms with Crippen molar-refractivity contribution in [3.8, 4) is 6.07 Å². The highest BCUT2D eigenvalue weighted by Gasteiger charge is 2.33. The second-order valence-corrected chi connectivity index (χ2v) is 6.40. The number of hydrogen-bond acceptors (Lipinski definition) is 2. The maximum Gasteiger partial charge on any atom is 0.0672 e. The first-order valence-electron chi connectivity index (χ1n) is 6.76. The van der Waals surface area contributed by atoms with Gasteiger partial charge in [-0.1, -0.05) is 26.7 Å². The molecule has 16 heavy (non-hydrogen) atoms. The molecule has 2 fully saturated rings. The molecule has 1 N–H and O–H groups in total. The first kappa shape index (κ1) is 11.9. The van der Waals surface area contributed by atoms with E-state index in [0.717, 1.165) is 6.42 Å². The molecular weight excluding hydrogens is 196 g/mol. The molecule has 2 rings (SSSR count). The van der Waals surface area contributed by atoms with Crippen LogP contribution in [0.4, 0.5) is 0 Å². The lowest BCUT2D eigenvalue weighted by atomic mass is 9.75. The predicted molar refractivity (Wildman–Crippen MR) is 65.9 cm³/mol. The molecule has 0 aliphatic heterocycles. The zero-order valence-corrected chi connectivity index (χ0v) is 10.6. The van der Waals surface area contributed by atoms with Gasteiger partial charge in [0.05, 0.1) is 12.0 Å². The molecule has 2 aliphatic carbocycles. The minimum absolute atomic E-state index is 0.269. The highest BCUT2D eigenvalue weighted by atomic mass is 15.0. The molecule has 90 valence electrons. The van der Waals surface area contributed by atoms with Gasteiger partial charge in [0.15, 0.2) is 0 Å². The quantitative estimate of drug-likeness (QED) is 0.775. The molecule has 2 heteroatoms. The Balaban J connectivity index is 1.87. The fourth-order valence-electron chi connectivity index (χ4n) is 3.46. The Labute approximate surface area is 99.4 Å². The van der Waals surface area contributed by atoms with Crippen LogP contribution >= 0.6 is 0 Å². The third kappa shape index (κ3) is 2.77. The normalized spacial score (nSPS) is 38.2. The lowest BCUT2D eigenvalue weighted by Crippen LogP contribution is -2.44. The van der Waals surface area contributed by atoms with Crippen LogP contribution in [0, 0.1) is 22.7 Å². The molecule has 3 unspecified atom stereocenters. The van der Waals surface area contributed by atoms with E-state index in [0.29, 0.717) is 17.5 Å². The average molecular weight is 220 g/mol. The fourth-order valence-corrected chi connectivity index (χ4v) is 3.46. The zero-order chi connectivity index (χ0) is 11.6. The van der Waals surface area contributed by atoms with E-state index in [2.05, 4.69) is 25.2 Å². The van der Waals surface area contributed by atoms with Crippen LogP contribution in [0.3, 0.4) is 0 Å². The summed E-state index contributed by atoms with van der Waals surface area (Å²) in [4.78, 5) is 0. The highest BCUT2D eigenvalue weighted by molar-refractivity contribution is 4.98. The SMILES string of the molecule is CC1(C)CCCC(NC2CCCC2C#N)C1. The van der Waals surface area contributed by atoms with Crippen molar-refractivity contribution in [3.05, 3.63) is 0 Å². The van der Waals surface area contributed by atoms with Gasteiger partial charge >= 0.3 is 0 Å². The van der Waals surface area contributed by atoms with Crippen molar-refractivity contribution in [2.24, 2.45) is 11.3 Å². The first-order valence-corrected chi connectivity index (χ1v) is 6.76. The van der Waals surface area contributed by atoms with Gasteiger partial charge in [-0.3, -0.25) is 0 Å². The molecule has 2 nitrogen and oxygen atoms in total.